The van der Waals surface area contributed by atoms with Crippen LogP contribution in [0, 0.1) is 0 Å². The third-order valence-electron chi connectivity index (χ3n) is 4.77. The van der Waals surface area contributed by atoms with E-state index in [-0.39, 0.29) is 0 Å². The van der Waals surface area contributed by atoms with Crippen LogP contribution in [0.3, 0.4) is 0 Å². The highest BCUT2D eigenvalue weighted by atomic mass is 32.2. The van der Waals surface area contributed by atoms with Crippen molar-refractivity contribution in [1.82, 2.24) is 0 Å². The summed E-state index contributed by atoms with van der Waals surface area (Å²) in [5.74, 6) is 4.09. The fourth-order valence-electron chi connectivity index (χ4n) is 2.62. The van der Waals surface area contributed by atoms with Gasteiger partial charge in [0.05, 0.1) is 26.4 Å². The van der Waals surface area contributed by atoms with Crippen molar-refractivity contribution in [1.29, 1.82) is 0 Å². The first-order valence-electron chi connectivity index (χ1n) is 9.76. The molecule has 0 saturated carbocycles. The van der Waals surface area contributed by atoms with Gasteiger partial charge in [-0.15, -0.1) is 0 Å². The molecule has 170 valence electrons. The van der Waals surface area contributed by atoms with Crippen molar-refractivity contribution in [2.75, 3.05) is 49.4 Å². The highest BCUT2D eigenvalue weighted by Crippen LogP contribution is 2.34. The van der Waals surface area contributed by atoms with E-state index in [4.69, 9.17) is 28.4 Å². The number of rotatable bonds is 15. The molecule has 2 heterocycles. The van der Waals surface area contributed by atoms with E-state index in [0.29, 0.717) is 50.8 Å². The molecular weight excluding hydrogens is 432 g/mol. The maximum absolute atomic E-state index is 11.1. The number of ether oxygens (including phenoxy) is 6. The smallest absolute Gasteiger partial charge is 0.419 e. The first-order chi connectivity index (χ1) is 14.3. The summed E-state index contributed by atoms with van der Waals surface area (Å²) < 4.78 is 31.1. The number of carbonyl (C=O) groups is 2. The van der Waals surface area contributed by atoms with Crippen LogP contribution in [0.5, 0.6) is 0 Å². The first kappa shape index (κ1) is 24.9. The molecule has 2 rings (SSSR count). The Kier molecular flexibility index (Phi) is 9.86. The molecule has 0 amide bonds. The average Bonchev–Trinajstić information content (AvgIpc) is 3.08. The van der Waals surface area contributed by atoms with E-state index in [0.717, 1.165) is 23.0 Å². The van der Waals surface area contributed by atoms with Crippen molar-refractivity contribution in [2.24, 2.45) is 0 Å². The fraction of sp³-hybridized carbons (Fsp3) is 0.700. The van der Waals surface area contributed by atoms with Crippen molar-refractivity contribution in [3.05, 3.63) is 24.7 Å². The average molecular weight is 463 g/mol. The van der Waals surface area contributed by atoms with E-state index in [9.17, 15) is 9.59 Å². The van der Waals surface area contributed by atoms with Crippen LogP contribution in [0.4, 0.5) is 9.59 Å². The molecule has 0 bridgehead atoms. The Morgan fingerprint density at radius 2 is 1.13 bits per heavy atom. The van der Waals surface area contributed by atoms with Gasteiger partial charge in [-0.05, 0) is 25.4 Å². The molecule has 0 radical (unpaired) electrons. The van der Waals surface area contributed by atoms with Crippen LogP contribution < -0.4 is 0 Å². The minimum absolute atomic E-state index is 0.371. The van der Waals surface area contributed by atoms with Crippen molar-refractivity contribution in [3.63, 3.8) is 0 Å². The molecule has 2 atom stereocenters. The minimum atomic E-state index is -0.724. The van der Waals surface area contributed by atoms with Gasteiger partial charge < -0.3 is 28.4 Å². The summed E-state index contributed by atoms with van der Waals surface area (Å²) in [6.07, 6.45) is -0.0380. The zero-order valence-corrected chi connectivity index (χ0v) is 19.2. The Bertz CT molecular complexity index is 586. The van der Waals surface area contributed by atoms with Crippen molar-refractivity contribution >= 4 is 35.8 Å². The molecule has 8 nitrogen and oxygen atoms in total. The molecule has 2 unspecified atom stereocenters. The molecule has 2 aliphatic heterocycles. The van der Waals surface area contributed by atoms with E-state index in [2.05, 4.69) is 13.2 Å². The van der Waals surface area contributed by atoms with E-state index >= 15 is 0 Å². The summed E-state index contributed by atoms with van der Waals surface area (Å²) in [5.41, 5.74) is -1.45. The molecule has 10 heteroatoms. The monoisotopic (exact) mass is 462 g/mol. The summed E-state index contributed by atoms with van der Waals surface area (Å²) in [7, 11) is 0. The Morgan fingerprint density at radius 3 is 1.47 bits per heavy atom. The predicted octanol–water partition coefficient (Wildman–Crippen LogP) is 4.14. The molecule has 30 heavy (non-hydrogen) atoms. The van der Waals surface area contributed by atoms with Gasteiger partial charge in [0, 0.05) is 24.3 Å². The summed E-state index contributed by atoms with van der Waals surface area (Å²) >= 11 is 3.45. The van der Waals surface area contributed by atoms with Crippen LogP contribution in [0.15, 0.2) is 24.7 Å². The predicted molar refractivity (Wildman–Crippen MR) is 116 cm³/mol. The largest absolute Gasteiger partial charge is 0.514 e. The molecule has 2 saturated heterocycles. The maximum Gasteiger partial charge on any atom is 0.514 e. The van der Waals surface area contributed by atoms with E-state index in [1.165, 1.54) is 0 Å². The lowest BCUT2D eigenvalue weighted by atomic mass is 10.0. The van der Waals surface area contributed by atoms with Crippen LogP contribution in [0.2, 0.25) is 0 Å². The van der Waals surface area contributed by atoms with Gasteiger partial charge in [-0.2, -0.15) is 23.5 Å². The van der Waals surface area contributed by atoms with Gasteiger partial charge in [0.2, 0.25) is 0 Å². The summed E-state index contributed by atoms with van der Waals surface area (Å²) in [6, 6.07) is 0. The quantitative estimate of drug-likeness (QED) is 0.261. The highest BCUT2D eigenvalue weighted by molar-refractivity contribution is 7.99. The fourth-order valence-corrected chi connectivity index (χ4v) is 4.56. The minimum Gasteiger partial charge on any atom is -0.419 e. The second-order valence-corrected chi connectivity index (χ2v) is 9.62. The normalized spacial score (nSPS) is 25.8. The lowest BCUT2D eigenvalue weighted by Gasteiger charge is -2.19. The highest BCUT2D eigenvalue weighted by Gasteiger charge is 2.42. The maximum atomic E-state index is 11.1. The Morgan fingerprint density at radius 1 is 0.733 bits per heavy atom. The molecular formula is C20H30O8S2. The number of hydrogen-bond donors (Lipinski definition) is 0. The Labute approximate surface area is 186 Å². The molecule has 0 aromatic carbocycles. The van der Waals surface area contributed by atoms with Gasteiger partial charge in [-0.1, -0.05) is 13.2 Å². The zero-order chi connectivity index (χ0) is 22.0. The molecule has 2 fully saturated rings. The van der Waals surface area contributed by atoms with Crippen LogP contribution in [0.25, 0.3) is 0 Å². The van der Waals surface area contributed by atoms with Gasteiger partial charge in [0.15, 0.2) is 11.2 Å². The Hall–Kier alpha value is -1.36. The van der Waals surface area contributed by atoms with Crippen LogP contribution in [-0.2, 0) is 28.4 Å². The molecule has 0 spiro atoms. The van der Waals surface area contributed by atoms with E-state index < -0.39 is 23.5 Å². The summed E-state index contributed by atoms with van der Waals surface area (Å²) in [5, 5.41) is 0. The number of thioether (sulfide) groups is 2. The third kappa shape index (κ3) is 7.72. The summed E-state index contributed by atoms with van der Waals surface area (Å²) in [6.45, 7) is 13.4. The Balaban J connectivity index is 1.35. The zero-order valence-electron chi connectivity index (χ0n) is 17.6. The first-order valence-corrected chi connectivity index (χ1v) is 12.1. The standard InChI is InChI=1S/C20H30O8S2/c1-15-19(3,27-17(21)25-15)5-11-29-13-9-23-7-8-24-10-14-30-12-6-20(4)16(2)26-18(22)28-20/h1-2,5-14H2,3-4H3. The van der Waals surface area contributed by atoms with Crippen LogP contribution in [0.1, 0.15) is 26.7 Å². The van der Waals surface area contributed by atoms with E-state index in [1.54, 1.807) is 23.5 Å². The van der Waals surface area contributed by atoms with E-state index in [1.807, 2.05) is 13.8 Å². The van der Waals surface area contributed by atoms with Crippen molar-refractivity contribution in [3.8, 4) is 0 Å². The van der Waals surface area contributed by atoms with Gasteiger partial charge in [0.25, 0.3) is 0 Å². The van der Waals surface area contributed by atoms with Gasteiger partial charge in [0.1, 0.15) is 11.5 Å². The number of hydrogen-bond acceptors (Lipinski definition) is 10. The molecule has 0 aliphatic carbocycles. The molecule has 2 aliphatic rings. The van der Waals surface area contributed by atoms with Gasteiger partial charge in [-0.3, -0.25) is 0 Å². The lowest BCUT2D eigenvalue weighted by Crippen LogP contribution is -2.26. The molecule has 0 N–H and O–H groups in total. The summed E-state index contributed by atoms with van der Waals surface area (Å²) in [4.78, 5) is 22.2. The SMILES string of the molecule is C=C1OC(=O)OC1(C)CCSCCOCCOCCSCCC1(C)OC(=O)OC1=C. The second-order valence-electron chi connectivity index (χ2n) is 7.17. The molecule has 0 aromatic heterocycles. The second kappa shape index (κ2) is 11.9. The van der Waals surface area contributed by atoms with Crippen LogP contribution >= 0.6 is 23.5 Å². The third-order valence-corrected chi connectivity index (χ3v) is 6.67. The number of carbonyl (C=O) groups excluding carboxylic acids is 2. The van der Waals surface area contributed by atoms with Gasteiger partial charge in [-0.25, -0.2) is 9.59 Å². The van der Waals surface area contributed by atoms with Gasteiger partial charge >= 0.3 is 12.3 Å². The van der Waals surface area contributed by atoms with Crippen LogP contribution in [-0.4, -0.2) is 73.0 Å². The van der Waals surface area contributed by atoms with Crippen molar-refractivity contribution < 1.29 is 38.0 Å². The molecule has 0 aromatic rings. The lowest BCUT2D eigenvalue weighted by molar-refractivity contribution is 0.0603. The van der Waals surface area contributed by atoms with Crippen molar-refractivity contribution in [2.45, 2.75) is 37.9 Å². The number of cyclic esters (lactones) is 4. The topological polar surface area (TPSA) is 89.5 Å².